The molecule has 2 aliphatic heterocycles. The minimum atomic E-state index is -1.94. The predicted octanol–water partition coefficient (Wildman–Crippen LogP) is 8.44. The highest BCUT2D eigenvalue weighted by Crippen LogP contribution is 2.51. The first-order valence-corrected chi connectivity index (χ1v) is 31.7. The largest absolute Gasteiger partial charge is 0.497 e. The van der Waals surface area contributed by atoms with Gasteiger partial charge < -0.3 is 65.9 Å². The smallest absolute Gasteiger partial charge is 0.303 e. The van der Waals surface area contributed by atoms with Crippen molar-refractivity contribution in [3.8, 4) is 17.2 Å². The Kier molecular flexibility index (Phi) is 25.4. The molecule has 93 heavy (non-hydrogen) atoms. The number of methoxy groups -OCH3 is 2. The maximum atomic E-state index is 13.7. The summed E-state index contributed by atoms with van der Waals surface area (Å²) < 4.78 is 89.2. The number of esters is 4. The van der Waals surface area contributed by atoms with Crippen LogP contribution in [0, 0.1) is 0 Å². The lowest BCUT2D eigenvalue weighted by atomic mass is 9.80. The molecule has 1 amide bonds. The number of amides is 1. The van der Waals surface area contributed by atoms with Crippen LogP contribution in [-0.4, -0.2) is 169 Å². The van der Waals surface area contributed by atoms with Gasteiger partial charge in [0.05, 0.1) is 59.7 Å². The lowest BCUT2D eigenvalue weighted by Gasteiger charge is -2.44. The predicted molar refractivity (Wildman–Crippen MR) is 338 cm³/mol. The number of rotatable bonds is 32. The number of benzene rings is 4. The first-order valence-electron chi connectivity index (χ1n) is 30.6. The molecule has 26 nitrogen and oxygen atoms in total. The number of ether oxygens (including phenoxy) is 12. The Morgan fingerprint density at radius 3 is 1.85 bits per heavy atom. The number of aromatic amines is 1. The zero-order valence-electron chi connectivity index (χ0n) is 54.3. The van der Waals surface area contributed by atoms with Gasteiger partial charge in [0.1, 0.15) is 47.9 Å². The summed E-state index contributed by atoms with van der Waals surface area (Å²) in [6, 6.07) is 32.4. The number of imidazole rings is 1. The van der Waals surface area contributed by atoms with Crippen LogP contribution in [0.25, 0.3) is 11.2 Å². The summed E-state index contributed by atoms with van der Waals surface area (Å²) in [6.07, 6.45) is -7.64. The number of fused-ring (bicyclic) bond motifs is 1. The van der Waals surface area contributed by atoms with Gasteiger partial charge in [-0.25, -0.2) is 9.65 Å². The van der Waals surface area contributed by atoms with Gasteiger partial charge in [-0.05, 0) is 92.3 Å². The fraction of sp³-hybridized carbons (Fsp3) is 0.485. The lowest BCUT2D eigenvalue weighted by Crippen LogP contribution is -2.63. The Morgan fingerprint density at radius 2 is 1.27 bits per heavy atom. The molecule has 9 atom stereocenters. The molecule has 1 unspecified atom stereocenters. The van der Waals surface area contributed by atoms with Crippen LogP contribution in [0.1, 0.15) is 110 Å². The summed E-state index contributed by atoms with van der Waals surface area (Å²) in [7, 11) is 1.26. The van der Waals surface area contributed by atoms with E-state index in [2.05, 4.69) is 33.8 Å². The number of anilines is 1. The Hall–Kier alpha value is -7.91. The summed E-state index contributed by atoms with van der Waals surface area (Å²) in [4.78, 5) is 87.8. The van der Waals surface area contributed by atoms with Crippen molar-refractivity contribution in [2.24, 2.45) is 0 Å². The number of carbonyl (C=O) groups excluding carboxylic acids is 5. The van der Waals surface area contributed by atoms with Crippen LogP contribution in [0.2, 0.25) is 0 Å². The second-order valence-corrected chi connectivity index (χ2v) is 24.2. The molecule has 0 bridgehead atoms. The molecular formula is C66H83N6O20P. The highest BCUT2D eigenvalue weighted by molar-refractivity contribution is 7.44. The molecule has 2 N–H and O–H groups in total. The van der Waals surface area contributed by atoms with E-state index < -0.39 is 105 Å². The molecule has 0 spiro atoms. The van der Waals surface area contributed by atoms with Crippen molar-refractivity contribution in [1.29, 1.82) is 0 Å². The molecule has 6 aromatic rings. The van der Waals surface area contributed by atoms with Crippen molar-refractivity contribution >= 4 is 55.4 Å². The minimum absolute atomic E-state index is 0.00261. The zero-order chi connectivity index (χ0) is 66.9. The normalized spacial score (nSPS) is 20.2. The molecule has 27 heteroatoms. The number of carbonyl (C=O) groups is 5. The molecule has 502 valence electrons. The van der Waals surface area contributed by atoms with Crippen LogP contribution in [-0.2, 0) is 81.3 Å². The fourth-order valence-electron chi connectivity index (χ4n) is 10.9. The van der Waals surface area contributed by atoms with Crippen molar-refractivity contribution in [2.45, 2.75) is 148 Å². The molecule has 8 rings (SSSR count). The number of nitrogens with zero attached hydrogens (tertiary/aromatic N) is 4. The topological polar surface area (TPSA) is 293 Å². The van der Waals surface area contributed by atoms with E-state index in [1.807, 2.05) is 119 Å². The Bertz CT molecular complexity index is 3420. The quantitative estimate of drug-likeness (QED) is 0.0132. The summed E-state index contributed by atoms with van der Waals surface area (Å²) >= 11 is 0. The highest BCUT2D eigenvalue weighted by Gasteiger charge is 2.53. The number of hydrogen-bond acceptors (Lipinski definition) is 23. The van der Waals surface area contributed by atoms with Crippen LogP contribution < -0.4 is 25.1 Å². The van der Waals surface area contributed by atoms with Crippen LogP contribution in [0.4, 0.5) is 5.95 Å². The molecular weight excluding hydrogens is 1230 g/mol. The number of H-pyrrole nitrogens is 1. The third-order valence-corrected chi connectivity index (χ3v) is 17.3. The van der Waals surface area contributed by atoms with Gasteiger partial charge in [0.2, 0.25) is 5.95 Å². The first-order chi connectivity index (χ1) is 44.6. The first kappa shape index (κ1) is 70.9. The molecule has 2 fully saturated rings. The van der Waals surface area contributed by atoms with Crippen molar-refractivity contribution in [1.82, 2.24) is 24.2 Å². The van der Waals surface area contributed by atoms with E-state index in [0.717, 1.165) is 43.0 Å². The third-order valence-electron chi connectivity index (χ3n) is 15.1. The Morgan fingerprint density at radius 1 is 0.688 bits per heavy atom. The summed E-state index contributed by atoms with van der Waals surface area (Å²) in [5, 5.41) is 2.66. The Balaban J connectivity index is 1.06. The van der Waals surface area contributed by atoms with Gasteiger partial charge in [-0.2, -0.15) is 4.98 Å². The summed E-state index contributed by atoms with van der Waals surface area (Å²) in [5.41, 5.74) is 1.73. The number of aromatic nitrogens is 4. The molecule has 4 aromatic carbocycles. The van der Waals surface area contributed by atoms with Crippen LogP contribution in [0.5, 0.6) is 17.2 Å². The van der Waals surface area contributed by atoms with Gasteiger partial charge in [-0.15, -0.1) is 0 Å². The van der Waals surface area contributed by atoms with E-state index in [1.54, 1.807) is 30.9 Å². The van der Waals surface area contributed by atoms with Crippen molar-refractivity contribution in [3.63, 3.8) is 0 Å². The third kappa shape index (κ3) is 18.5. The van der Waals surface area contributed by atoms with Gasteiger partial charge >= 0.3 is 23.9 Å². The van der Waals surface area contributed by atoms with E-state index in [-0.39, 0.29) is 75.3 Å². The monoisotopic (exact) mass is 1310 g/mol. The van der Waals surface area contributed by atoms with E-state index >= 15 is 0 Å². The van der Waals surface area contributed by atoms with Crippen molar-refractivity contribution in [2.75, 3.05) is 65.8 Å². The molecule has 0 aliphatic carbocycles. The molecule has 2 aromatic heterocycles. The number of hydrogen-bond donors (Lipinski definition) is 2. The van der Waals surface area contributed by atoms with E-state index in [4.69, 9.17) is 70.9 Å². The average Bonchev–Trinajstić information content (AvgIpc) is 1.59. The van der Waals surface area contributed by atoms with E-state index in [9.17, 15) is 28.8 Å². The summed E-state index contributed by atoms with van der Waals surface area (Å²) in [5.74, 6) is -1.58. The Labute approximate surface area is 541 Å². The second kappa shape index (κ2) is 33.3. The maximum Gasteiger partial charge on any atom is 0.303 e. The lowest BCUT2D eigenvalue weighted by molar-refractivity contribution is -0.309. The van der Waals surface area contributed by atoms with Crippen molar-refractivity contribution < 1.29 is 89.9 Å². The molecule has 0 saturated carbocycles. The van der Waals surface area contributed by atoms with E-state index in [1.165, 1.54) is 13.3 Å². The van der Waals surface area contributed by atoms with Gasteiger partial charge in [0, 0.05) is 46.2 Å². The minimum Gasteiger partial charge on any atom is -0.497 e. The average molecular weight is 1310 g/mol. The van der Waals surface area contributed by atoms with Gasteiger partial charge in [-0.3, -0.25) is 43.6 Å². The van der Waals surface area contributed by atoms with Crippen LogP contribution >= 0.6 is 8.53 Å². The zero-order valence-corrected chi connectivity index (χ0v) is 55.2. The van der Waals surface area contributed by atoms with Gasteiger partial charge in [-0.1, -0.05) is 80.6 Å². The van der Waals surface area contributed by atoms with Crippen LogP contribution in [0.15, 0.2) is 114 Å². The highest BCUT2D eigenvalue weighted by atomic mass is 31.2. The van der Waals surface area contributed by atoms with E-state index in [0.29, 0.717) is 23.2 Å². The van der Waals surface area contributed by atoms with Gasteiger partial charge in [0.15, 0.2) is 42.4 Å². The standard InChI is InChI=1S/C66H83N6O20P/c1-39(2)46-18-24-52(25-19-46)84-37-56(77)68-65-69-62-58(63(78)70-65)67-38-71(62)57-34-53(54(90-57)36-85-66(47-16-14-13-15-17-47,48-20-26-50(79-11)27-21-48)49-22-28-51(80-12)29-23-49)92-93(72(40(3)4)41(5)6)86-33-31-81-30-32-82-64-61(89-45(10)76)60(88-44(9)75)59(87-43(8)74)55(91-64)35-83-42(7)73/h13-29,38-41,53-55,57,59-61,64H,30-37H2,1-12H3,(H2,68,69,70,77,78)/t53-,54+,55+,57+,59+,60-,61+,64+,93?/m0/s1. The van der Waals surface area contributed by atoms with Crippen molar-refractivity contribution in [3.05, 3.63) is 142 Å². The second-order valence-electron chi connectivity index (χ2n) is 22.8. The molecule has 2 aliphatic rings. The fourth-order valence-corrected chi connectivity index (χ4v) is 12.7. The number of nitrogens with one attached hydrogen (secondary N) is 2. The summed E-state index contributed by atoms with van der Waals surface area (Å²) in [6.45, 7) is 15.9. The molecule has 0 radical (unpaired) electrons. The maximum absolute atomic E-state index is 13.7. The van der Waals surface area contributed by atoms with Crippen LogP contribution in [0.3, 0.4) is 0 Å². The SMILES string of the molecule is COc1ccc(C(OC[C@H]2O[C@@H](n3cnc4c(=O)[nH]c(NC(=O)COc5ccc(C(C)C)cc5)nc43)C[C@@H]2OP(OCCOCCO[C@@H]2O[C@H](COC(C)=O)[C@@H](OC(C)=O)[C@H](OC(C)=O)[C@H]2OC(C)=O)N(C(C)C)C(C)C)(c2ccccc2)c2ccc(OC)cc2)cc1. The molecule has 4 heterocycles. The molecule has 2 saturated heterocycles. The van der Waals surface area contributed by atoms with Gasteiger partial charge in [0.25, 0.3) is 20.0 Å².